The van der Waals surface area contributed by atoms with Crippen molar-refractivity contribution in [1.29, 1.82) is 0 Å². The Morgan fingerprint density at radius 2 is 1.62 bits per heavy atom. The van der Waals surface area contributed by atoms with Gasteiger partial charge in [-0.05, 0) is 36.2 Å². The van der Waals surface area contributed by atoms with Crippen molar-refractivity contribution in [3.63, 3.8) is 0 Å². The lowest BCUT2D eigenvalue weighted by atomic mass is 10.1. The van der Waals surface area contributed by atoms with Crippen molar-refractivity contribution in [2.45, 2.75) is 13.0 Å². The molecule has 0 saturated carbocycles. The number of methoxy groups -OCH3 is 1. The quantitative estimate of drug-likeness (QED) is 0.493. The Hall–Kier alpha value is -3.58. The van der Waals surface area contributed by atoms with Gasteiger partial charge in [-0.3, -0.25) is 4.79 Å². The van der Waals surface area contributed by atoms with Crippen molar-refractivity contribution < 1.29 is 18.7 Å². The predicted molar refractivity (Wildman–Crippen MR) is 123 cm³/mol. The van der Waals surface area contributed by atoms with Crippen molar-refractivity contribution in [2.75, 3.05) is 38.7 Å². The van der Waals surface area contributed by atoms with Crippen LogP contribution in [0.3, 0.4) is 0 Å². The van der Waals surface area contributed by atoms with Gasteiger partial charge >= 0.3 is 6.03 Å². The van der Waals surface area contributed by atoms with E-state index in [0.29, 0.717) is 44.1 Å². The molecule has 1 heterocycles. The van der Waals surface area contributed by atoms with Crippen molar-refractivity contribution in [3.8, 4) is 0 Å². The lowest BCUT2D eigenvalue weighted by molar-refractivity contribution is -0.132. The molecule has 0 aliphatic heterocycles. The van der Waals surface area contributed by atoms with Crippen molar-refractivity contribution in [3.05, 3.63) is 90.4 Å². The average molecular weight is 436 g/mol. The Bertz CT molecular complexity index is 946. The van der Waals surface area contributed by atoms with E-state index in [1.807, 2.05) is 54.6 Å². The smallest absolute Gasteiger partial charge is 0.322 e. The lowest BCUT2D eigenvalue weighted by Crippen LogP contribution is -2.46. The molecule has 2 aromatic carbocycles. The maximum absolute atomic E-state index is 13.2. The van der Waals surface area contributed by atoms with Gasteiger partial charge in [-0.15, -0.1) is 0 Å². The van der Waals surface area contributed by atoms with Gasteiger partial charge in [0.2, 0.25) is 5.91 Å². The number of carbonyl (C=O) groups excluding carboxylic acids is 2. The zero-order valence-corrected chi connectivity index (χ0v) is 18.3. The first-order valence-corrected chi connectivity index (χ1v) is 10.6. The van der Waals surface area contributed by atoms with E-state index in [9.17, 15) is 9.59 Å². The second kappa shape index (κ2) is 12.3. The van der Waals surface area contributed by atoms with E-state index in [-0.39, 0.29) is 18.5 Å². The Morgan fingerprint density at radius 1 is 0.906 bits per heavy atom. The molecule has 32 heavy (non-hydrogen) atoms. The third kappa shape index (κ3) is 7.28. The van der Waals surface area contributed by atoms with Crippen LogP contribution in [0.5, 0.6) is 0 Å². The number of carbonyl (C=O) groups is 2. The standard InChI is InChI=1S/C25H29N3O4/c1-31-18-16-28(25(30)26-22-11-6-3-7-12-22)20-24(29)27(19-23-13-8-17-32-23)15-14-21-9-4-2-5-10-21/h2-13,17H,14-16,18-20H2,1H3,(H,26,30). The minimum Gasteiger partial charge on any atom is -0.467 e. The molecule has 7 nitrogen and oxygen atoms in total. The highest BCUT2D eigenvalue weighted by Crippen LogP contribution is 2.11. The van der Waals surface area contributed by atoms with Crippen LogP contribution in [0.2, 0.25) is 0 Å². The van der Waals surface area contributed by atoms with Gasteiger partial charge in [0.1, 0.15) is 12.3 Å². The van der Waals surface area contributed by atoms with Gasteiger partial charge in [0.05, 0.1) is 19.4 Å². The molecule has 168 valence electrons. The van der Waals surface area contributed by atoms with E-state index in [1.54, 1.807) is 36.5 Å². The summed E-state index contributed by atoms with van der Waals surface area (Å²) in [4.78, 5) is 29.3. The fraction of sp³-hybridized carbons (Fsp3) is 0.280. The van der Waals surface area contributed by atoms with E-state index in [0.717, 1.165) is 5.56 Å². The topological polar surface area (TPSA) is 75.0 Å². The number of nitrogens with one attached hydrogen (secondary N) is 1. The molecule has 1 aromatic heterocycles. The minimum atomic E-state index is -0.345. The highest BCUT2D eigenvalue weighted by molar-refractivity contribution is 5.92. The van der Waals surface area contributed by atoms with Crippen LogP contribution in [-0.2, 0) is 22.5 Å². The lowest BCUT2D eigenvalue weighted by Gasteiger charge is -2.27. The predicted octanol–water partition coefficient (Wildman–Crippen LogP) is 4.03. The molecule has 7 heteroatoms. The third-order valence-electron chi connectivity index (χ3n) is 5.00. The first kappa shape index (κ1) is 23.1. The molecule has 3 amide bonds. The molecule has 3 rings (SSSR count). The summed E-state index contributed by atoms with van der Waals surface area (Å²) in [5, 5.41) is 2.84. The Labute approximate surface area is 188 Å². The Kier molecular flexibility index (Phi) is 8.89. The van der Waals surface area contributed by atoms with Crippen LogP contribution in [0.1, 0.15) is 11.3 Å². The van der Waals surface area contributed by atoms with Crippen molar-refractivity contribution in [1.82, 2.24) is 9.80 Å². The Balaban J connectivity index is 1.68. The number of urea groups is 1. The highest BCUT2D eigenvalue weighted by atomic mass is 16.5. The van der Waals surface area contributed by atoms with Gasteiger partial charge in [-0.2, -0.15) is 0 Å². The number of benzene rings is 2. The van der Waals surface area contributed by atoms with E-state index in [4.69, 9.17) is 9.15 Å². The molecule has 0 atom stereocenters. The van der Waals surface area contributed by atoms with Gasteiger partial charge in [0, 0.05) is 25.9 Å². The molecule has 0 aliphatic rings. The van der Waals surface area contributed by atoms with Gasteiger partial charge in [-0.1, -0.05) is 48.5 Å². The molecule has 0 fully saturated rings. The highest BCUT2D eigenvalue weighted by Gasteiger charge is 2.22. The molecule has 0 radical (unpaired) electrons. The Morgan fingerprint density at radius 3 is 2.28 bits per heavy atom. The fourth-order valence-corrected chi connectivity index (χ4v) is 3.23. The number of anilines is 1. The average Bonchev–Trinajstić information content (AvgIpc) is 3.33. The second-order valence-electron chi connectivity index (χ2n) is 7.34. The van der Waals surface area contributed by atoms with Crippen LogP contribution in [0.15, 0.2) is 83.5 Å². The summed E-state index contributed by atoms with van der Waals surface area (Å²) in [5.74, 6) is 0.542. The molecule has 1 N–H and O–H groups in total. The van der Waals surface area contributed by atoms with E-state index in [2.05, 4.69) is 5.32 Å². The maximum atomic E-state index is 13.2. The van der Waals surface area contributed by atoms with Crippen molar-refractivity contribution in [2.24, 2.45) is 0 Å². The number of hydrogen-bond donors (Lipinski definition) is 1. The monoisotopic (exact) mass is 435 g/mol. The molecule has 0 spiro atoms. The minimum absolute atomic E-state index is 0.0580. The number of para-hydroxylation sites is 1. The van der Waals surface area contributed by atoms with Crippen LogP contribution in [-0.4, -0.2) is 55.1 Å². The second-order valence-corrected chi connectivity index (χ2v) is 7.34. The van der Waals surface area contributed by atoms with Crippen LogP contribution >= 0.6 is 0 Å². The summed E-state index contributed by atoms with van der Waals surface area (Å²) < 4.78 is 10.6. The molecule has 0 unspecified atom stereocenters. The van der Waals surface area contributed by atoms with Gasteiger partial charge < -0.3 is 24.3 Å². The van der Waals surface area contributed by atoms with Crippen molar-refractivity contribution >= 4 is 17.6 Å². The molecule has 0 aliphatic carbocycles. The first-order chi connectivity index (χ1) is 15.7. The summed E-state index contributed by atoms with van der Waals surface area (Å²) in [5.41, 5.74) is 1.81. The van der Waals surface area contributed by atoms with Gasteiger partial charge in [-0.25, -0.2) is 4.79 Å². The first-order valence-electron chi connectivity index (χ1n) is 10.6. The molecular weight excluding hydrogens is 406 g/mol. The third-order valence-corrected chi connectivity index (χ3v) is 5.00. The number of hydrogen-bond acceptors (Lipinski definition) is 4. The zero-order chi connectivity index (χ0) is 22.6. The molecular formula is C25H29N3O4. The number of rotatable bonds is 11. The molecule has 3 aromatic rings. The maximum Gasteiger partial charge on any atom is 0.322 e. The molecule has 0 bridgehead atoms. The van der Waals surface area contributed by atoms with Gasteiger partial charge in [0.15, 0.2) is 0 Å². The fourth-order valence-electron chi connectivity index (χ4n) is 3.23. The van der Waals surface area contributed by atoms with Crippen LogP contribution in [0, 0.1) is 0 Å². The summed E-state index contributed by atoms with van der Waals surface area (Å²) in [6, 6.07) is 22.5. The number of amides is 3. The summed E-state index contributed by atoms with van der Waals surface area (Å²) in [6.07, 6.45) is 2.30. The number of furan rings is 1. The molecule has 0 saturated heterocycles. The van der Waals surface area contributed by atoms with E-state index in [1.165, 1.54) is 4.90 Å². The largest absolute Gasteiger partial charge is 0.467 e. The van der Waals surface area contributed by atoms with Crippen LogP contribution in [0.4, 0.5) is 10.5 Å². The normalized spacial score (nSPS) is 10.5. The summed E-state index contributed by atoms with van der Waals surface area (Å²) in [6.45, 7) is 1.43. The van der Waals surface area contributed by atoms with E-state index < -0.39 is 0 Å². The van der Waals surface area contributed by atoms with Crippen LogP contribution in [0.25, 0.3) is 0 Å². The summed E-state index contributed by atoms with van der Waals surface area (Å²) >= 11 is 0. The van der Waals surface area contributed by atoms with E-state index >= 15 is 0 Å². The van der Waals surface area contributed by atoms with Crippen LogP contribution < -0.4 is 5.32 Å². The van der Waals surface area contributed by atoms with Gasteiger partial charge in [0.25, 0.3) is 0 Å². The number of ether oxygens (including phenoxy) is 1. The SMILES string of the molecule is COCCN(CC(=O)N(CCc1ccccc1)Cc1ccco1)C(=O)Nc1ccccc1. The zero-order valence-electron chi connectivity index (χ0n) is 18.3. The summed E-state index contributed by atoms with van der Waals surface area (Å²) in [7, 11) is 1.57. The number of nitrogens with zero attached hydrogens (tertiary/aromatic N) is 2.